The number of anilines is 1. The van der Waals surface area contributed by atoms with Gasteiger partial charge in [0.15, 0.2) is 0 Å². The van der Waals surface area contributed by atoms with Gasteiger partial charge in [-0.2, -0.15) is 0 Å². The summed E-state index contributed by atoms with van der Waals surface area (Å²) < 4.78 is 0. The zero-order valence-corrected chi connectivity index (χ0v) is 10.3. The molecule has 0 atom stereocenters. The van der Waals surface area contributed by atoms with Gasteiger partial charge in [-0.1, -0.05) is 0 Å². The topological polar surface area (TPSA) is 40.5 Å². The highest BCUT2D eigenvalue weighted by Gasteiger charge is 2.52. The SMILES string of the molecule is Cc1cc(N2CC3(CC3)C2)cc(C(=O)O)c1C. The van der Waals surface area contributed by atoms with Crippen molar-refractivity contribution in [3.05, 3.63) is 28.8 Å². The number of carboxylic acid groups (broad SMARTS) is 1. The van der Waals surface area contributed by atoms with Gasteiger partial charge in [0.1, 0.15) is 0 Å². The van der Waals surface area contributed by atoms with E-state index in [2.05, 4.69) is 11.0 Å². The van der Waals surface area contributed by atoms with Crippen LogP contribution in [0, 0.1) is 19.3 Å². The lowest BCUT2D eigenvalue weighted by molar-refractivity contribution is 0.0696. The van der Waals surface area contributed by atoms with Gasteiger partial charge in [-0.15, -0.1) is 0 Å². The van der Waals surface area contributed by atoms with E-state index < -0.39 is 5.97 Å². The van der Waals surface area contributed by atoms with Gasteiger partial charge in [0.2, 0.25) is 0 Å². The van der Waals surface area contributed by atoms with Crippen molar-refractivity contribution in [3.8, 4) is 0 Å². The third-order valence-corrected chi connectivity index (χ3v) is 4.26. The van der Waals surface area contributed by atoms with E-state index in [1.54, 1.807) is 0 Å². The number of carbonyl (C=O) groups is 1. The fourth-order valence-corrected chi connectivity index (χ4v) is 2.68. The summed E-state index contributed by atoms with van der Waals surface area (Å²) in [4.78, 5) is 13.5. The predicted molar refractivity (Wildman–Crippen MR) is 66.8 cm³/mol. The summed E-state index contributed by atoms with van der Waals surface area (Å²) in [5.74, 6) is -0.825. The minimum absolute atomic E-state index is 0.441. The van der Waals surface area contributed by atoms with Gasteiger partial charge in [0.25, 0.3) is 0 Å². The van der Waals surface area contributed by atoms with E-state index in [0.29, 0.717) is 11.0 Å². The van der Waals surface area contributed by atoms with Gasteiger partial charge >= 0.3 is 5.97 Å². The highest BCUT2D eigenvalue weighted by Crippen LogP contribution is 2.54. The summed E-state index contributed by atoms with van der Waals surface area (Å²) in [7, 11) is 0. The average Bonchev–Trinajstić information content (AvgIpc) is 2.99. The maximum atomic E-state index is 11.2. The maximum Gasteiger partial charge on any atom is 0.336 e. The number of carboxylic acids is 1. The summed E-state index contributed by atoms with van der Waals surface area (Å²) in [6.45, 7) is 6.07. The van der Waals surface area contributed by atoms with Crippen molar-refractivity contribution < 1.29 is 9.90 Å². The molecule has 0 unspecified atom stereocenters. The molecule has 1 N–H and O–H groups in total. The molecule has 1 saturated carbocycles. The molecule has 1 aliphatic heterocycles. The van der Waals surface area contributed by atoms with Crippen LogP contribution in [0.1, 0.15) is 34.3 Å². The lowest BCUT2D eigenvalue weighted by atomic mass is 9.94. The molecule has 0 aromatic heterocycles. The molecular formula is C14H17NO2. The molecule has 0 amide bonds. The molecule has 2 aliphatic rings. The summed E-state index contributed by atoms with van der Waals surface area (Å²) in [6, 6.07) is 3.93. The Morgan fingerprint density at radius 2 is 1.94 bits per heavy atom. The lowest BCUT2D eigenvalue weighted by Crippen LogP contribution is -2.48. The largest absolute Gasteiger partial charge is 0.478 e. The van der Waals surface area contributed by atoms with Crippen molar-refractivity contribution in [1.82, 2.24) is 0 Å². The standard InChI is InChI=1S/C14H17NO2/c1-9-5-11(6-12(10(9)2)13(16)17)15-7-14(8-15)3-4-14/h5-6H,3-4,7-8H2,1-2H3,(H,16,17). The van der Waals surface area contributed by atoms with Gasteiger partial charge < -0.3 is 10.0 Å². The number of rotatable bonds is 2. The second-order valence-corrected chi connectivity index (χ2v) is 5.60. The Morgan fingerprint density at radius 1 is 1.29 bits per heavy atom. The van der Waals surface area contributed by atoms with Crippen molar-refractivity contribution in [3.63, 3.8) is 0 Å². The Hall–Kier alpha value is -1.51. The Labute approximate surface area is 101 Å². The maximum absolute atomic E-state index is 11.2. The zero-order chi connectivity index (χ0) is 12.2. The van der Waals surface area contributed by atoms with E-state index in [4.69, 9.17) is 0 Å². The fraction of sp³-hybridized carbons (Fsp3) is 0.500. The summed E-state index contributed by atoms with van der Waals surface area (Å²) in [6.07, 6.45) is 2.69. The lowest BCUT2D eigenvalue weighted by Gasteiger charge is -2.42. The molecule has 0 bridgehead atoms. The van der Waals surface area contributed by atoms with Crippen LogP contribution in [-0.2, 0) is 0 Å². The molecule has 3 rings (SSSR count). The molecular weight excluding hydrogens is 214 g/mol. The van der Waals surface area contributed by atoms with Crippen molar-refractivity contribution in [2.24, 2.45) is 5.41 Å². The molecule has 0 radical (unpaired) electrons. The van der Waals surface area contributed by atoms with Crippen LogP contribution >= 0.6 is 0 Å². The first kappa shape index (κ1) is 10.6. The molecule has 1 aromatic rings. The Bertz CT molecular complexity index is 495. The molecule has 2 fully saturated rings. The van der Waals surface area contributed by atoms with E-state index in [-0.39, 0.29) is 0 Å². The molecule has 1 heterocycles. The Morgan fingerprint density at radius 3 is 2.47 bits per heavy atom. The third-order valence-electron chi connectivity index (χ3n) is 4.26. The van der Waals surface area contributed by atoms with Crippen molar-refractivity contribution in [2.45, 2.75) is 26.7 Å². The average molecular weight is 231 g/mol. The second-order valence-electron chi connectivity index (χ2n) is 5.60. The van der Waals surface area contributed by atoms with Gasteiger partial charge in [-0.3, -0.25) is 0 Å². The number of aryl methyl sites for hydroxylation is 1. The van der Waals surface area contributed by atoms with Crippen molar-refractivity contribution >= 4 is 11.7 Å². The van der Waals surface area contributed by atoms with Crippen LogP contribution in [-0.4, -0.2) is 24.2 Å². The smallest absolute Gasteiger partial charge is 0.336 e. The molecule has 17 heavy (non-hydrogen) atoms. The zero-order valence-electron chi connectivity index (χ0n) is 10.3. The minimum Gasteiger partial charge on any atom is -0.478 e. The molecule has 90 valence electrons. The number of nitrogens with zero attached hydrogens (tertiary/aromatic N) is 1. The highest BCUT2D eigenvalue weighted by molar-refractivity contribution is 5.91. The van der Waals surface area contributed by atoms with Crippen LogP contribution in [0.15, 0.2) is 12.1 Å². The number of hydrogen-bond acceptors (Lipinski definition) is 2. The van der Waals surface area contributed by atoms with Crippen LogP contribution in [0.3, 0.4) is 0 Å². The first-order valence-electron chi connectivity index (χ1n) is 6.10. The van der Waals surface area contributed by atoms with Crippen LogP contribution in [0.2, 0.25) is 0 Å². The first-order valence-corrected chi connectivity index (χ1v) is 6.10. The number of benzene rings is 1. The van der Waals surface area contributed by atoms with E-state index in [1.165, 1.54) is 12.8 Å². The molecule has 1 spiro atoms. The quantitative estimate of drug-likeness (QED) is 0.850. The van der Waals surface area contributed by atoms with Crippen LogP contribution in [0.25, 0.3) is 0 Å². The fourth-order valence-electron chi connectivity index (χ4n) is 2.68. The van der Waals surface area contributed by atoms with E-state index >= 15 is 0 Å². The molecule has 1 saturated heterocycles. The van der Waals surface area contributed by atoms with Crippen LogP contribution in [0.5, 0.6) is 0 Å². The summed E-state index contributed by atoms with van der Waals surface area (Å²) in [5, 5.41) is 9.18. The predicted octanol–water partition coefficient (Wildman–Crippen LogP) is 2.60. The normalized spacial score (nSPS) is 20.2. The van der Waals surface area contributed by atoms with Crippen molar-refractivity contribution in [2.75, 3.05) is 18.0 Å². The Kier molecular flexibility index (Phi) is 2.03. The molecule has 3 heteroatoms. The van der Waals surface area contributed by atoms with Gasteiger partial charge in [-0.25, -0.2) is 4.79 Å². The van der Waals surface area contributed by atoms with E-state index in [0.717, 1.165) is 29.9 Å². The monoisotopic (exact) mass is 231 g/mol. The summed E-state index contributed by atoms with van der Waals surface area (Å²) in [5.41, 5.74) is 4.06. The van der Waals surface area contributed by atoms with Gasteiger partial charge in [0, 0.05) is 24.2 Å². The highest BCUT2D eigenvalue weighted by atomic mass is 16.4. The van der Waals surface area contributed by atoms with Crippen molar-refractivity contribution in [1.29, 1.82) is 0 Å². The van der Waals surface area contributed by atoms with Gasteiger partial charge in [0.05, 0.1) is 5.56 Å². The van der Waals surface area contributed by atoms with Gasteiger partial charge in [-0.05, 0) is 49.9 Å². The Balaban J connectivity index is 1.92. The third kappa shape index (κ3) is 1.61. The second kappa shape index (κ2) is 3.25. The molecule has 1 aliphatic carbocycles. The number of hydrogen-bond donors (Lipinski definition) is 1. The molecule has 1 aromatic carbocycles. The summed E-state index contributed by atoms with van der Waals surface area (Å²) >= 11 is 0. The minimum atomic E-state index is -0.825. The van der Waals surface area contributed by atoms with Crippen LogP contribution in [0.4, 0.5) is 5.69 Å². The first-order chi connectivity index (χ1) is 8.01. The number of aromatic carboxylic acids is 1. The van der Waals surface area contributed by atoms with E-state index in [9.17, 15) is 9.90 Å². The van der Waals surface area contributed by atoms with E-state index in [1.807, 2.05) is 19.9 Å². The molecule has 3 nitrogen and oxygen atoms in total. The van der Waals surface area contributed by atoms with Crippen LogP contribution < -0.4 is 4.90 Å².